The van der Waals surface area contributed by atoms with Crippen LogP contribution >= 0.6 is 0 Å². The van der Waals surface area contributed by atoms with Crippen LogP contribution in [0.15, 0.2) is 46.4 Å². The van der Waals surface area contributed by atoms with Crippen molar-refractivity contribution in [1.82, 2.24) is 0 Å². The van der Waals surface area contributed by atoms with Gasteiger partial charge in [0.2, 0.25) is 0 Å². The van der Waals surface area contributed by atoms with Gasteiger partial charge >= 0.3 is 5.97 Å². The normalized spacial score (nSPS) is 15.5. The number of nitrogens with zero attached hydrogens (tertiary/aromatic N) is 2. The monoisotopic (exact) mass is 150 g/mol. The van der Waals surface area contributed by atoms with Gasteiger partial charge in [0.15, 0.2) is 0 Å². The fourth-order valence-electron chi connectivity index (χ4n) is 0.574. The summed E-state index contributed by atoms with van der Waals surface area (Å²) >= 11 is 0. The Hall–Kier alpha value is -1.71. The summed E-state index contributed by atoms with van der Waals surface area (Å²) in [7, 11) is 0. The quantitative estimate of drug-likeness (QED) is 0.615. The molecule has 11 heavy (non-hydrogen) atoms. The summed E-state index contributed by atoms with van der Waals surface area (Å²) in [5.41, 5.74) is 0.194. The zero-order chi connectivity index (χ0) is 8.10. The number of hydrogen-bond donors (Lipinski definition) is 1. The van der Waals surface area contributed by atoms with Gasteiger partial charge in [-0.05, 0) is 18.2 Å². The molecule has 0 aliphatic carbocycles. The van der Waals surface area contributed by atoms with Crippen molar-refractivity contribution in [3.8, 4) is 0 Å². The number of carboxylic acid groups (broad SMARTS) is 1. The first kappa shape index (κ1) is 7.40. The molecule has 1 heterocycles. The van der Waals surface area contributed by atoms with Crippen LogP contribution in [0, 0.1) is 0 Å². The molecular formula is C7H6N2O2. The van der Waals surface area contributed by atoms with Gasteiger partial charge in [-0.15, -0.1) is 0 Å². The molecule has 0 saturated heterocycles. The molecule has 1 rings (SSSR count). The van der Waals surface area contributed by atoms with Gasteiger partial charge < -0.3 is 5.11 Å². The Bertz CT molecular complexity index is 274. The van der Waals surface area contributed by atoms with E-state index >= 15 is 0 Å². The fraction of sp³-hybridized carbons (Fsp3) is 0. The number of hydrogen-bond acceptors (Lipinski definition) is 3. The summed E-state index contributed by atoms with van der Waals surface area (Å²) in [4.78, 5) is 10.4. The minimum absolute atomic E-state index is 0.194. The average Bonchev–Trinajstić information content (AvgIpc) is 1.84. The number of azo groups is 1. The molecule has 0 amide bonds. The highest BCUT2D eigenvalue weighted by molar-refractivity contribution is 5.90. The highest BCUT2D eigenvalue weighted by Gasteiger charge is 2.00. The van der Waals surface area contributed by atoms with Crippen LogP contribution in [0.4, 0.5) is 0 Å². The Morgan fingerprint density at radius 2 is 2.09 bits per heavy atom. The number of carbonyl (C=O) groups is 1. The highest BCUT2D eigenvalue weighted by Crippen LogP contribution is 2.00. The van der Waals surface area contributed by atoms with Crippen LogP contribution in [0.1, 0.15) is 0 Å². The van der Waals surface area contributed by atoms with E-state index in [1.165, 1.54) is 30.6 Å². The lowest BCUT2D eigenvalue weighted by molar-refractivity contribution is -0.132. The van der Waals surface area contributed by atoms with Gasteiger partial charge in [-0.25, -0.2) is 4.79 Å². The fourth-order valence-corrected chi connectivity index (χ4v) is 0.574. The summed E-state index contributed by atoms with van der Waals surface area (Å²) in [6.45, 7) is 0. The number of rotatable bonds is 1. The Labute approximate surface area is 63.3 Å². The first-order valence-corrected chi connectivity index (χ1v) is 2.97. The summed E-state index contributed by atoms with van der Waals surface area (Å²) in [5, 5.41) is 15.6. The van der Waals surface area contributed by atoms with E-state index in [2.05, 4.69) is 10.2 Å². The molecule has 0 radical (unpaired) electrons. The van der Waals surface area contributed by atoms with Crippen molar-refractivity contribution in [3.63, 3.8) is 0 Å². The average molecular weight is 150 g/mol. The summed E-state index contributed by atoms with van der Waals surface area (Å²) in [6, 6.07) is 0. The minimum atomic E-state index is -0.969. The molecule has 1 aliphatic heterocycles. The van der Waals surface area contributed by atoms with Crippen molar-refractivity contribution in [3.05, 3.63) is 36.2 Å². The van der Waals surface area contributed by atoms with Gasteiger partial charge in [0.05, 0.1) is 11.8 Å². The van der Waals surface area contributed by atoms with Gasteiger partial charge in [-0.1, -0.05) is 0 Å². The molecule has 0 bridgehead atoms. The molecule has 56 valence electrons. The van der Waals surface area contributed by atoms with Crippen LogP contribution in [0.25, 0.3) is 0 Å². The molecule has 1 aliphatic rings. The predicted molar refractivity (Wildman–Crippen MR) is 38.9 cm³/mol. The summed E-state index contributed by atoms with van der Waals surface area (Å²) < 4.78 is 0. The van der Waals surface area contributed by atoms with Crippen molar-refractivity contribution in [2.24, 2.45) is 10.2 Å². The third kappa shape index (κ3) is 2.17. The molecule has 0 atom stereocenters. The maximum absolute atomic E-state index is 10.4. The molecule has 0 aromatic rings. The van der Waals surface area contributed by atoms with Crippen LogP contribution in [0.5, 0.6) is 0 Å². The molecule has 0 fully saturated rings. The third-order valence-corrected chi connectivity index (χ3v) is 1.06. The largest absolute Gasteiger partial charge is 0.478 e. The van der Waals surface area contributed by atoms with E-state index in [1.807, 2.05) is 0 Å². The Kier molecular flexibility index (Phi) is 2.32. The molecule has 0 spiro atoms. The molecule has 4 nitrogen and oxygen atoms in total. The molecule has 4 heteroatoms. The molecule has 0 saturated carbocycles. The summed E-state index contributed by atoms with van der Waals surface area (Å²) in [6.07, 6.45) is 7.12. The summed E-state index contributed by atoms with van der Waals surface area (Å²) in [5.74, 6) is -0.969. The van der Waals surface area contributed by atoms with Crippen LogP contribution in [0.2, 0.25) is 0 Å². The van der Waals surface area contributed by atoms with E-state index in [0.29, 0.717) is 0 Å². The van der Waals surface area contributed by atoms with Gasteiger partial charge in [0.1, 0.15) is 0 Å². The Balaban J connectivity index is 2.87. The lowest BCUT2D eigenvalue weighted by Crippen LogP contribution is -1.96. The van der Waals surface area contributed by atoms with Crippen molar-refractivity contribution in [2.75, 3.05) is 0 Å². The van der Waals surface area contributed by atoms with E-state index in [1.54, 1.807) is 0 Å². The van der Waals surface area contributed by atoms with Gasteiger partial charge in [0, 0.05) is 6.20 Å². The topological polar surface area (TPSA) is 62.0 Å². The molecule has 0 aromatic carbocycles. The SMILES string of the molecule is O=C(O)C1=CC=CN=NC=C1. The van der Waals surface area contributed by atoms with Crippen molar-refractivity contribution < 1.29 is 9.90 Å². The molecule has 1 N–H and O–H groups in total. The zero-order valence-electron chi connectivity index (χ0n) is 5.64. The highest BCUT2D eigenvalue weighted by atomic mass is 16.4. The second kappa shape index (κ2) is 3.46. The molecule has 0 unspecified atom stereocenters. The van der Waals surface area contributed by atoms with Crippen molar-refractivity contribution in [1.29, 1.82) is 0 Å². The van der Waals surface area contributed by atoms with Gasteiger partial charge in [-0.3, -0.25) is 0 Å². The molecular weight excluding hydrogens is 144 g/mol. The first-order chi connectivity index (χ1) is 5.30. The lowest BCUT2D eigenvalue weighted by atomic mass is 10.2. The maximum Gasteiger partial charge on any atom is 0.335 e. The third-order valence-electron chi connectivity index (χ3n) is 1.06. The zero-order valence-corrected chi connectivity index (χ0v) is 5.64. The second-order valence-corrected chi connectivity index (χ2v) is 1.82. The van der Waals surface area contributed by atoms with Gasteiger partial charge in [0.25, 0.3) is 0 Å². The first-order valence-electron chi connectivity index (χ1n) is 2.97. The van der Waals surface area contributed by atoms with Crippen molar-refractivity contribution >= 4 is 5.97 Å². The Morgan fingerprint density at radius 3 is 2.82 bits per heavy atom. The van der Waals surface area contributed by atoms with E-state index in [4.69, 9.17) is 5.11 Å². The maximum atomic E-state index is 10.4. The predicted octanol–water partition coefficient (Wildman–Crippen LogP) is 1.49. The van der Waals surface area contributed by atoms with Crippen molar-refractivity contribution in [2.45, 2.75) is 0 Å². The lowest BCUT2D eigenvalue weighted by Gasteiger charge is -1.91. The molecule has 0 aromatic heterocycles. The van der Waals surface area contributed by atoms with Gasteiger partial charge in [-0.2, -0.15) is 10.2 Å². The standard InChI is InChI=1S/C7H6N2O2/c10-7(11)6-2-1-4-8-9-5-3-6/h1-5H,(H,10,11). The Morgan fingerprint density at radius 1 is 1.36 bits per heavy atom. The number of carboxylic acids is 1. The van der Waals surface area contributed by atoms with E-state index < -0.39 is 5.97 Å². The van der Waals surface area contributed by atoms with Crippen LogP contribution in [-0.4, -0.2) is 11.1 Å². The van der Waals surface area contributed by atoms with Crippen LogP contribution in [-0.2, 0) is 4.79 Å². The van der Waals surface area contributed by atoms with Crippen LogP contribution < -0.4 is 0 Å². The smallest absolute Gasteiger partial charge is 0.335 e. The van der Waals surface area contributed by atoms with Crippen LogP contribution in [0.3, 0.4) is 0 Å². The second-order valence-electron chi connectivity index (χ2n) is 1.82. The van der Waals surface area contributed by atoms with E-state index in [-0.39, 0.29) is 5.57 Å². The van der Waals surface area contributed by atoms with E-state index in [0.717, 1.165) is 0 Å². The number of allylic oxidation sites excluding steroid dienone is 2. The van der Waals surface area contributed by atoms with E-state index in [9.17, 15) is 4.79 Å². The minimum Gasteiger partial charge on any atom is -0.478 e. The number of aliphatic carboxylic acids is 1.